The van der Waals surface area contributed by atoms with Gasteiger partial charge in [0.15, 0.2) is 5.88 Å². The van der Waals surface area contributed by atoms with Crippen molar-refractivity contribution < 1.29 is 24.5 Å². The summed E-state index contributed by atoms with van der Waals surface area (Å²) in [6.07, 6.45) is 7.38. The molecule has 0 amide bonds. The molecule has 0 unspecified atom stereocenters. The lowest BCUT2D eigenvalue weighted by molar-refractivity contribution is 0.0693. The van der Waals surface area contributed by atoms with Gasteiger partial charge in [-0.25, -0.2) is 4.79 Å². The summed E-state index contributed by atoms with van der Waals surface area (Å²) in [6.45, 7) is 3.87. The van der Waals surface area contributed by atoms with Gasteiger partial charge in [-0.3, -0.25) is 0 Å². The standard InChI is InChI=1S/C20H23NO5/c1-12(2)5-8-15-16(25-3)10-14(18(19(15)22)20(23)24)7-6-13-9-17(26-4)21-11-13/h5-7,9-11,21-22H,8H2,1-4H3,(H,23,24)/b7-6+. The van der Waals surface area contributed by atoms with Crippen LogP contribution in [0.4, 0.5) is 0 Å². The summed E-state index contributed by atoms with van der Waals surface area (Å²) in [6, 6.07) is 3.40. The number of carboxylic acid groups (broad SMARTS) is 1. The molecule has 0 spiro atoms. The predicted molar refractivity (Wildman–Crippen MR) is 101 cm³/mol. The number of hydrogen-bond acceptors (Lipinski definition) is 4. The Balaban J connectivity index is 2.52. The second-order valence-corrected chi connectivity index (χ2v) is 6.00. The van der Waals surface area contributed by atoms with Crippen molar-refractivity contribution in [2.24, 2.45) is 0 Å². The molecule has 0 saturated carbocycles. The van der Waals surface area contributed by atoms with Crippen molar-refractivity contribution in [3.63, 3.8) is 0 Å². The van der Waals surface area contributed by atoms with Crippen LogP contribution in [-0.2, 0) is 6.42 Å². The van der Waals surface area contributed by atoms with Crippen LogP contribution in [0.25, 0.3) is 12.2 Å². The molecular weight excluding hydrogens is 334 g/mol. The second kappa shape index (κ2) is 8.29. The number of nitrogens with one attached hydrogen (secondary N) is 1. The molecule has 6 heteroatoms. The third-order valence-corrected chi connectivity index (χ3v) is 3.90. The lowest BCUT2D eigenvalue weighted by atomic mass is 9.97. The molecule has 0 atom stereocenters. The third kappa shape index (κ3) is 4.27. The van der Waals surface area contributed by atoms with Crippen LogP contribution >= 0.6 is 0 Å². The highest BCUT2D eigenvalue weighted by molar-refractivity contribution is 5.97. The summed E-state index contributed by atoms with van der Waals surface area (Å²) in [5.41, 5.74) is 2.53. The van der Waals surface area contributed by atoms with Gasteiger partial charge in [0.2, 0.25) is 0 Å². The van der Waals surface area contributed by atoms with Crippen molar-refractivity contribution in [2.45, 2.75) is 20.3 Å². The highest BCUT2D eigenvalue weighted by Gasteiger charge is 2.21. The van der Waals surface area contributed by atoms with Gasteiger partial charge >= 0.3 is 5.97 Å². The van der Waals surface area contributed by atoms with Crippen molar-refractivity contribution in [1.29, 1.82) is 0 Å². The zero-order valence-corrected chi connectivity index (χ0v) is 15.3. The van der Waals surface area contributed by atoms with Crippen LogP contribution < -0.4 is 9.47 Å². The van der Waals surface area contributed by atoms with E-state index in [1.54, 1.807) is 37.6 Å². The van der Waals surface area contributed by atoms with Crippen molar-refractivity contribution in [3.05, 3.63) is 52.2 Å². The van der Waals surface area contributed by atoms with E-state index in [2.05, 4.69) is 4.98 Å². The Morgan fingerprint density at radius 1 is 1.19 bits per heavy atom. The molecule has 138 valence electrons. The Morgan fingerprint density at radius 3 is 2.46 bits per heavy atom. The largest absolute Gasteiger partial charge is 0.507 e. The number of ether oxygens (including phenoxy) is 2. The number of aromatic hydroxyl groups is 1. The molecule has 1 aromatic heterocycles. The van der Waals surface area contributed by atoms with E-state index in [-0.39, 0.29) is 11.3 Å². The summed E-state index contributed by atoms with van der Waals surface area (Å²) in [7, 11) is 3.04. The van der Waals surface area contributed by atoms with Gasteiger partial charge in [-0.05, 0) is 37.5 Å². The minimum atomic E-state index is -1.20. The van der Waals surface area contributed by atoms with Gasteiger partial charge in [0.25, 0.3) is 0 Å². The number of carbonyl (C=O) groups is 1. The van der Waals surface area contributed by atoms with Gasteiger partial charge in [0.1, 0.15) is 17.1 Å². The van der Waals surface area contributed by atoms with E-state index < -0.39 is 5.97 Å². The fourth-order valence-electron chi connectivity index (χ4n) is 2.54. The zero-order chi connectivity index (χ0) is 19.3. The molecule has 26 heavy (non-hydrogen) atoms. The number of H-pyrrole nitrogens is 1. The number of hydrogen-bond donors (Lipinski definition) is 3. The molecule has 1 heterocycles. The predicted octanol–water partition coefficient (Wildman–Crippen LogP) is 4.11. The molecule has 2 rings (SSSR count). The summed E-state index contributed by atoms with van der Waals surface area (Å²) >= 11 is 0. The number of aromatic amines is 1. The molecule has 0 aliphatic carbocycles. The molecule has 1 aromatic carbocycles. The maximum absolute atomic E-state index is 11.7. The summed E-state index contributed by atoms with van der Waals surface area (Å²) < 4.78 is 10.4. The van der Waals surface area contributed by atoms with E-state index in [9.17, 15) is 15.0 Å². The second-order valence-electron chi connectivity index (χ2n) is 6.00. The van der Waals surface area contributed by atoms with Crippen LogP contribution in [-0.4, -0.2) is 35.4 Å². The molecular formula is C20H23NO5. The van der Waals surface area contributed by atoms with Crippen molar-refractivity contribution in [2.75, 3.05) is 14.2 Å². The lowest BCUT2D eigenvalue weighted by Gasteiger charge is -2.14. The molecule has 2 aromatic rings. The molecule has 3 N–H and O–H groups in total. The Hall–Kier alpha value is -3.15. The fraction of sp³-hybridized carbons (Fsp3) is 0.250. The van der Waals surface area contributed by atoms with Gasteiger partial charge in [-0.1, -0.05) is 23.8 Å². The third-order valence-electron chi connectivity index (χ3n) is 3.90. The van der Waals surface area contributed by atoms with Crippen LogP contribution in [0.5, 0.6) is 17.4 Å². The van der Waals surface area contributed by atoms with E-state index >= 15 is 0 Å². The summed E-state index contributed by atoms with van der Waals surface area (Å²) in [5.74, 6) is -0.438. The fourth-order valence-corrected chi connectivity index (χ4v) is 2.54. The van der Waals surface area contributed by atoms with E-state index in [0.717, 1.165) is 11.1 Å². The molecule has 0 fully saturated rings. The average molecular weight is 357 g/mol. The van der Waals surface area contributed by atoms with Gasteiger partial charge in [-0.15, -0.1) is 0 Å². The van der Waals surface area contributed by atoms with Crippen LogP contribution in [0.3, 0.4) is 0 Å². The number of aromatic nitrogens is 1. The first kappa shape index (κ1) is 19.2. The molecule has 0 radical (unpaired) electrons. The summed E-state index contributed by atoms with van der Waals surface area (Å²) in [5, 5.41) is 20.1. The van der Waals surface area contributed by atoms with Gasteiger partial charge in [0.05, 0.1) is 14.2 Å². The van der Waals surface area contributed by atoms with E-state index in [0.29, 0.717) is 29.2 Å². The number of benzene rings is 1. The maximum atomic E-state index is 11.7. The van der Waals surface area contributed by atoms with Crippen molar-refractivity contribution in [1.82, 2.24) is 4.98 Å². The number of phenols is 1. The van der Waals surface area contributed by atoms with Gasteiger partial charge in [-0.2, -0.15) is 0 Å². The minimum absolute atomic E-state index is 0.151. The Bertz CT molecular complexity index is 857. The number of aromatic carboxylic acids is 1. The summed E-state index contributed by atoms with van der Waals surface area (Å²) in [4.78, 5) is 14.6. The molecule has 6 nitrogen and oxygen atoms in total. The Kier molecular flexibility index (Phi) is 6.11. The molecule has 0 saturated heterocycles. The normalized spacial score (nSPS) is 10.8. The van der Waals surface area contributed by atoms with Crippen LogP contribution in [0, 0.1) is 0 Å². The van der Waals surface area contributed by atoms with Crippen molar-refractivity contribution in [3.8, 4) is 17.4 Å². The number of methoxy groups -OCH3 is 2. The Morgan fingerprint density at radius 2 is 1.92 bits per heavy atom. The Labute approximate surface area is 152 Å². The molecule has 0 bridgehead atoms. The van der Waals surface area contributed by atoms with E-state index in [1.165, 1.54) is 7.11 Å². The number of carboxylic acids is 1. The molecule has 0 aliphatic heterocycles. The van der Waals surface area contributed by atoms with Crippen LogP contribution in [0.15, 0.2) is 30.0 Å². The van der Waals surface area contributed by atoms with E-state index in [4.69, 9.17) is 9.47 Å². The SMILES string of the molecule is COc1cc(/C=C/c2cc(OC)c(CC=C(C)C)c(O)c2C(=O)O)c[nH]1. The highest BCUT2D eigenvalue weighted by Crippen LogP contribution is 2.36. The average Bonchev–Trinajstić information content (AvgIpc) is 3.05. The van der Waals surface area contributed by atoms with Crippen molar-refractivity contribution >= 4 is 18.1 Å². The first-order valence-electron chi connectivity index (χ1n) is 8.07. The monoisotopic (exact) mass is 357 g/mol. The van der Waals surface area contributed by atoms with Crippen LogP contribution in [0.2, 0.25) is 0 Å². The number of rotatable bonds is 7. The van der Waals surface area contributed by atoms with Gasteiger partial charge in [0, 0.05) is 17.8 Å². The smallest absolute Gasteiger partial charge is 0.340 e. The highest BCUT2D eigenvalue weighted by atomic mass is 16.5. The van der Waals surface area contributed by atoms with E-state index in [1.807, 2.05) is 19.9 Å². The molecule has 0 aliphatic rings. The maximum Gasteiger partial charge on any atom is 0.340 e. The lowest BCUT2D eigenvalue weighted by Crippen LogP contribution is -2.04. The first-order chi connectivity index (χ1) is 12.4. The van der Waals surface area contributed by atoms with Gasteiger partial charge < -0.3 is 24.7 Å². The first-order valence-corrected chi connectivity index (χ1v) is 8.07. The zero-order valence-electron chi connectivity index (χ0n) is 15.3. The number of allylic oxidation sites excluding steroid dienone is 2. The topological polar surface area (TPSA) is 91.8 Å². The van der Waals surface area contributed by atoms with Crippen LogP contribution in [0.1, 0.15) is 40.9 Å². The minimum Gasteiger partial charge on any atom is -0.507 e. The quantitative estimate of drug-likeness (QED) is 0.649.